The van der Waals surface area contributed by atoms with Gasteiger partial charge >= 0.3 is 0 Å². The van der Waals surface area contributed by atoms with Crippen LogP contribution in [0.5, 0.6) is 0 Å². The van der Waals surface area contributed by atoms with Crippen molar-refractivity contribution >= 4 is 0 Å². The van der Waals surface area contributed by atoms with Crippen LogP contribution in [-0.2, 0) is 17.7 Å². The van der Waals surface area contributed by atoms with Gasteiger partial charge in [-0.3, -0.25) is 0 Å². The summed E-state index contributed by atoms with van der Waals surface area (Å²) in [4.78, 5) is 0. The lowest BCUT2D eigenvalue weighted by Crippen LogP contribution is -2.21. The van der Waals surface area contributed by atoms with Gasteiger partial charge in [0.15, 0.2) is 0 Å². The molecule has 0 aliphatic carbocycles. The van der Waals surface area contributed by atoms with Gasteiger partial charge in [0, 0.05) is 38.7 Å². The summed E-state index contributed by atoms with van der Waals surface area (Å²) in [6.45, 7) is 4.06. The van der Waals surface area contributed by atoms with E-state index in [9.17, 15) is 0 Å². The summed E-state index contributed by atoms with van der Waals surface area (Å²) < 4.78 is 7.27. The first kappa shape index (κ1) is 13.3. The summed E-state index contributed by atoms with van der Waals surface area (Å²) in [7, 11) is 1.75. The maximum Gasteiger partial charge on any atom is 0.0462 e. The number of aryl methyl sites for hydroxylation is 1. The second-order valence-corrected chi connectivity index (χ2v) is 4.33. The molecule has 1 aromatic heterocycles. The molecule has 0 spiro atoms. The van der Waals surface area contributed by atoms with Crippen molar-refractivity contribution in [1.82, 2.24) is 4.57 Å². The van der Waals surface area contributed by atoms with Crippen LogP contribution in [0, 0.1) is 0 Å². The lowest BCUT2D eigenvalue weighted by Gasteiger charge is -2.06. The fourth-order valence-electron chi connectivity index (χ4n) is 1.74. The number of nitrogens with zero attached hydrogens (tertiary/aromatic N) is 1. The van der Waals surface area contributed by atoms with Gasteiger partial charge in [0.05, 0.1) is 0 Å². The average molecular weight is 224 g/mol. The molecule has 2 N–H and O–H groups in total. The summed E-state index contributed by atoms with van der Waals surface area (Å²) in [5, 5.41) is 0. The maximum atomic E-state index is 5.93. The van der Waals surface area contributed by atoms with Crippen molar-refractivity contribution in [3.8, 4) is 0 Å². The van der Waals surface area contributed by atoms with Crippen LogP contribution in [0.1, 0.15) is 31.7 Å². The Morgan fingerprint density at radius 2 is 2.25 bits per heavy atom. The molecule has 92 valence electrons. The van der Waals surface area contributed by atoms with Gasteiger partial charge in [-0.05, 0) is 37.3 Å². The van der Waals surface area contributed by atoms with Crippen LogP contribution in [0.4, 0.5) is 0 Å². The third-order valence-corrected chi connectivity index (χ3v) is 2.85. The van der Waals surface area contributed by atoms with Gasteiger partial charge < -0.3 is 15.0 Å². The Morgan fingerprint density at radius 3 is 2.94 bits per heavy atom. The summed E-state index contributed by atoms with van der Waals surface area (Å²) in [6, 6.07) is 2.47. The van der Waals surface area contributed by atoms with E-state index in [0.29, 0.717) is 6.04 Å². The van der Waals surface area contributed by atoms with Crippen LogP contribution >= 0.6 is 0 Å². The molecule has 3 heteroatoms. The molecule has 3 nitrogen and oxygen atoms in total. The van der Waals surface area contributed by atoms with Crippen molar-refractivity contribution in [2.24, 2.45) is 5.73 Å². The zero-order chi connectivity index (χ0) is 11.8. The van der Waals surface area contributed by atoms with E-state index in [4.69, 9.17) is 10.5 Å². The molecule has 1 rings (SSSR count). The van der Waals surface area contributed by atoms with E-state index < -0.39 is 0 Å². The van der Waals surface area contributed by atoms with E-state index in [-0.39, 0.29) is 0 Å². The molecule has 0 fully saturated rings. The lowest BCUT2D eigenvalue weighted by atomic mass is 10.1. The number of rotatable bonds is 8. The molecular formula is C13H24N2O. The number of hydrogen-bond acceptors (Lipinski definition) is 2. The van der Waals surface area contributed by atoms with Crippen LogP contribution in [0.3, 0.4) is 0 Å². The van der Waals surface area contributed by atoms with Gasteiger partial charge in [-0.15, -0.1) is 0 Å². The number of hydrogen-bond donors (Lipinski definition) is 1. The van der Waals surface area contributed by atoms with Gasteiger partial charge in [-0.2, -0.15) is 0 Å². The number of nitrogens with two attached hydrogens (primary N) is 1. The van der Waals surface area contributed by atoms with Crippen molar-refractivity contribution in [1.29, 1.82) is 0 Å². The first-order chi connectivity index (χ1) is 7.76. The molecule has 16 heavy (non-hydrogen) atoms. The topological polar surface area (TPSA) is 40.2 Å². The zero-order valence-electron chi connectivity index (χ0n) is 10.5. The monoisotopic (exact) mass is 224 g/mol. The van der Waals surface area contributed by atoms with Gasteiger partial charge in [0.2, 0.25) is 0 Å². The highest BCUT2D eigenvalue weighted by molar-refractivity contribution is 5.11. The second-order valence-electron chi connectivity index (χ2n) is 4.33. The minimum Gasteiger partial charge on any atom is -0.385 e. The average Bonchev–Trinajstić information content (AvgIpc) is 2.72. The molecule has 0 saturated carbocycles. The van der Waals surface area contributed by atoms with Crippen LogP contribution in [0.25, 0.3) is 0 Å². The molecule has 0 bridgehead atoms. The Labute approximate surface area is 98.6 Å². The van der Waals surface area contributed by atoms with E-state index in [0.717, 1.165) is 32.4 Å². The SMILES string of the molecule is CCC(N)Cc1ccn(CCCCOC)c1. The number of methoxy groups -OCH3 is 1. The van der Waals surface area contributed by atoms with Crippen molar-refractivity contribution in [2.45, 2.75) is 45.2 Å². The zero-order valence-corrected chi connectivity index (χ0v) is 10.5. The molecule has 1 unspecified atom stereocenters. The van der Waals surface area contributed by atoms with Crippen LogP contribution in [0.15, 0.2) is 18.5 Å². The molecule has 1 heterocycles. The van der Waals surface area contributed by atoms with Gasteiger partial charge in [-0.25, -0.2) is 0 Å². The van der Waals surface area contributed by atoms with Crippen molar-refractivity contribution in [3.05, 3.63) is 24.0 Å². The highest BCUT2D eigenvalue weighted by atomic mass is 16.5. The lowest BCUT2D eigenvalue weighted by molar-refractivity contribution is 0.191. The highest BCUT2D eigenvalue weighted by Gasteiger charge is 2.02. The Kier molecular flexibility index (Phi) is 6.19. The third kappa shape index (κ3) is 4.81. The molecule has 0 aromatic carbocycles. The Bertz CT molecular complexity index is 283. The summed E-state index contributed by atoms with van der Waals surface area (Å²) in [6.07, 6.45) is 8.67. The largest absolute Gasteiger partial charge is 0.385 e. The summed E-state index contributed by atoms with van der Waals surface area (Å²) in [5.74, 6) is 0. The molecule has 0 saturated heterocycles. The van der Waals surface area contributed by atoms with Gasteiger partial charge in [-0.1, -0.05) is 6.92 Å². The first-order valence-electron chi connectivity index (χ1n) is 6.15. The maximum absolute atomic E-state index is 5.93. The number of unbranched alkanes of at least 4 members (excludes halogenated alkanes) is 1. The summed E-state index contributed by atoms with van der Waals surface area (Å²) >= 11 is 0. The molecular weight excluding hydrogens is 200 g/mol. The van der Waals surface area contributed by atoms with Crippen molar-refractivity contribution in [3.63, 3.8) is 0 Å². The highest BCUT2D eigenvalue weighted by Crippen LogP contribution is 2.07. The molecule has 0 aliphatic heterocycles. The van der Waals surface area contributed by atoms with Crippen LogP contribution in [-0.4, -0.2) is 24.3 Å². The standard InChI is InChI=1S/C13H24N2O/c1-3-13(14)10-12-6-8-15(11-12)7-4-5-9-16-2/h6,8,11,13H,3-5,7,9-10,14H2,1-2H3. The Morgan fingerprint density at radius 1 is 1.44 bits per heavy atom. The Balaban J connectivity index is 2.28. The van der Waals surface area contributed by atoms with Crippen molar-refractivity contribution < 1.29 is 4.74 Å². The molecule has 0 radical (unpaired) electrons. The number of ether oxygens (including phenoxy) is 1. The van der Waals surface area contributed by atoms with Crippen LogP contribution in [0.2, 0.25) is 0 Å². The van der Waals surface area contributed by atoms with Crippen molar-refractivity contribution in [2.75, 3.05) is 13.7 Å². The third-order valence-electron chi connectivity index (χ3n) is 2.85. The predicted octanol–water partition coefficient (Wildman–Crippen LogP) is 2.19. The van der Waals surface area contributed by atoms with Gasteiger partial charge in [0.1, 0.15) is 0 Å². The minimum absolute atomic E-state index is 0.296. The van der Waals surface area contributed by atoms with Crippen LogP contribution < -0.4 is 5.73 Å². The predicted molar refractivity (Wildman–Crippen MR) is 67.5 cm³/mol. The van der Waals surface area contributed by atoms with Gasteiger partial charge in [0.25, 0.3) is 0 Å². The summed E-state index contributed by atoms with van der Waals surface area (Å²) in [5.41, 5.74) is 7.28. The first-order valence-corrected chi connectivity index (χ1v) is 6.15. The second kappa shape index (κ2) is 7.47. The van der Waals surface area contributed by atoms with E-state index in [1.165, 1.54) is 12.0 Å². The molecule has 1 atom stereocenters. The molecule has 0 aliphatic rings. The normalized spacial score (nSPS) is 12.9. The van der Waals surface area contributed by atoms with E-state index in [2.05, 4.69) is 30.0 Å². The molecule has 1 aromatic rings. The Hall–Kier alpha value is -0.800. The fourth-order valence-corrected chi connectivity index (χ4v) is 1.74. The minimum atomic E-state index is 0.296. The fraction of sp³-hybridized carbons (Fsp3) is 0.692. The molecule has 0 amide bonds. The van der Waals surface area contributed by atoms with E-state index >= 15 is 0 Å². The smallest absolute Gasteiger partial charge is 0.0462 e. The van der Waals surface area contributed by atoms with E-state index in [1.54, 1.807) is 7.11 Å². The number of aromatic nitrogens is 1. The quantitative estimate of drug-likeness (QED) is 0.688. The van der Waals surface area contributed by atoms with E-state index in [1.807, 2.05) is 0 Å².